The lowest BCUT2D eigenvalue weighted by molar-refractivity contribution is 0.240. The molecule has 0 aliphatic heterocycles. The lowest BCUT2D eigenvalue weighted by Gasteiger charge is -2.20. The second kappa shape index (κ2) is 8.34. The van der Waals surface area contributed by atoms with Crippen LogP contribution in [0.4, 0.5) is 4.79 Å². The first-order chi connectivity index (χ1) is 10.3. The van der Waals surface area contributed by atoms with Gasteiger partial charge in [-0.25, -0.2) is 4.79 Å². The summed E-state index contributed by atoms with van der Waals surface area (Å²) in [7, 11) is 0. The summed E-state index contributed by atoms with van der Waals surface area (Å²) in [6.07, 6.45) is 0.649. The van der Waals surface area contributed by atoms with Gasteiger partial charge in [-0.2, -0.15) is 0 Å². The Bertz CT molecular complexity index is 548. The summed E-state index contributed by atoms with van der Waals surface area (Å²) < 4.78 is 2.28. The Hall–Kier alpha value is -1.98. The predicted octanol–water partition coefficient (Wildman–Crippen LogP) is 2.66. The molecule has 0 spiro atoms. The molecule has 0 fully saturated rings. The molecule has 2 aromatic carbocycles. The minimum Gasteiger partial charge on any atom is -0.318 e. The maximum Gasteiger partial charge on any atom is 0.326 e. The van der Waals surface area contributed by atoms with Gasteiger partial charge in [-0.1, -0.05) is 73.5 Å². The number of amides is 2. The van der Waals surface area contributed by atoms with Gasteiger partial charge < -0.3 is 5.32 Å². The first-order valence-corrected chi connectivity index (χ1v) is 7.27. The smallest absolute Gasteiger partial charge is 0.318 e. The van der Waals surface area contributed by atoms with Crippen LogP contribution in [0.5, 0.6) is 0 Å². The maximum atomic E-state index is 11.5. The van der Waals surface area contributed by atoms with E-state index in [0.29, 0.717) is 0 Å². The third-order valence-corrected chi connectivity index (χ3v) is 3.32. The van der Waals surface area contributed by atoms with Crippen LogP contribution in [0.1, 0.15) is 17.3 Å². The van der Waals surface area contributed by atoms with Gasteiger partial charge in [0.05, 0.1) is 0 Å². The molecule has 0 aromatic heterocycles. The van der Waals surface area contributed by atoms with Crippen molar-refractivity contribution in [3.63, 3.8) is 0 Å². The van der Waals surface area contributed by atoms with E-state index in [1.807, 2.05) is 48.5 Å². The SMILES string of the molecule is O=C(NS)NC(NCCc1ccccc1)c1ccccc1. The van der Waals surface area contributed by atoms with Crippen molar-refractivity contribution in [2.24, 2.45) is 0 Å². The summed E-state index contributed by atoms with van der Waals surface area (Å²) in [4.78, 5) is 11.5. The zero-order valence-corrected chi connectivity index (χ0v) is 12.5. The second-order valence-electron chi connectivity index (χ2n) is 4.62. The molecule has 1 atom stereocenters. The average molecular weight is 301 g/mol. The van der Waals surface area contributed by atoms with Crippen LogP contribution in [0.2, 0.25) is 0 Å². The Morgan fingerprint density at radius 1 is 1.00 bits per heavy atom. The number of urea groups is 1. The number of rotatable bonds is 6. The van der Waals surface area contributed by atoms with Crippen LogP contribution >= 0.6 is 12.8 Å². The van der Waals surface area contributed by atoms with Gasteiger partial charge in [-0.05, 0) is 17.5 Å². The van der Waals surface area contributed by atoms with E-state index in [1.54, 1.807) is 0 Å². The largest absolute Gasteiger partial charge is 0.326 e. The zero-order chi connectivity index (χ0) is 14.9. The topological polar surface area (TPSA) is 53.2 Å². The fourth-order valence-corrected chi connectivity index (χ4v) is 2.13. The van der Waals surface area contributed by atoms with Crippen LogP contribution in [0.15, 0.2) is 60.7 Å². The number of carbonyl (C=O) groups is 1. The number of nitrogens with one attached hydrogen (secondary N) is 3. The molecule has 2 amide bonds. The van der Waals surface area contributed by atoms with E-state index in [-0.39, 0.29) is 12.2 Å². The third-order valence-electron chi connectivity index (χ3n) is 3.11. The van der Waals surface area contributed by atoms with Gasteiger partial charge in [0.1, 0.15) is 6.17 Å². The second-order valence-corrected chi connectivity index (χ2v) is 4.84. The Labute approximate surface area is 130 Å². The molecule has 21 heavy (non-hydrogen) atoms. The maximum absolute atomic E-state index is 11.5. The molecular formula is C16H19N3OS. The molecule has 1 unspecified atom stereocenters. The molecule has 0 bridgehead atoms. The van der Waals surface area contributed by atoms with Gasteiger partial charge >= 0.3 is 6.03 Å². The number of carbonyl (C=O) groups excluding carboxylic acids is 1. The van der Waals surface area contributed by atoms with Crippen LogP contribution in [0.25, 0.3) is 0 Å². The molecule has 5 heteroatoms. The first kappa shape index (κ1) is 15.4. The van der Waals surface area contributed by atoms with Crippen molar-refractivity contribution in [1.82, 2.24) is 15.4 Å². The summed E-state index contributed by atoms with van der Waals surface area (Å²) >= 11 is 3.76. The molecule has 0 aliphatic carbocycles. The number of thiol groups is 1. The first-order valence-electron chi connectivity index (χ1n) is 6.82. The van der Waals surface area contributed by atoms with E-state index >= 15 is 0 Å². The van der Waals surface area contributed by atoms with Gasteiger partial charge in [0.25, 0.3) is 0 Å². The average Bonchev–Trinajstić information content (AvgIpc) is 2.55. The highest BCUT2D eigenvalue weighted by molar-refractivity contribution is 7.78. The van der Waals surface area contributed by atoms with Crippen LogP contribution in [0, 0.1) is 0 Å². The summed E-state index contributed by atoms with van der Waals surface area (Å²) in [6, 6.07) is 19.7. The summed E-state index contributed by atoms with van der Waals surface area (Å²) in [5.74, 6) is 0. The predicted molar refractivity (Wildman–Crippen MR) is 88.0 cm³/mol. The van der Waals surface area contributed by atoms with Crippen molar-refractivity contribution < 1.29 is 4.79 Å². The lowest BCUT2D eigenvalue weighted by atomic mass is 10.1. The highest BCUT2D eigenvalue weighted by Crippen LogP contribution is 2.09. The van der Waals surface area contributed by atoms with E-state index in [1.165, 1.54) is 5.56 Å². The Kier molecular flexibility index (Phi) is 6.12. The standard InChI is InChI=1S/C16H19N3OS/c20-16(19-21)18-15(14-9-5-2-6-10-14)17-12-11-13-7-3-1-4-8-13/h1-10,15,17,21H,11-12H2,(H2,18,19,20). The molecule has 110 valence electrons. The van der Waals surface area contributed by atoms with Crippen molar-refractivity contribution in [1.29, 1.82) is 0 Å². The summed E-state index contributed by atoms with van der Waals surface area (Å²) in [5.41, 5.74) is 2.26. The van der Waals surface area contributed by atoms with Gasteiger partial charge in [-0.15, -0.1) is 0 Å². The van der Waals surface area contributed by atoms with Crippen LogP contribution in [-0.2, 0) is 6.42 Å². The number of hydrogen-bond acceptors (Lipinski definition) is 3. The fourth-order valence-electron chi connectivity index (χ4n) is 2.07. The molecular weight excluding hydrogens is 282 g/mol. The van der Waals surface area contributed by atoms with E-state index in [9.17, 15) is 4.79 Å². The molecule has 3 N–H and O–H groups in total. The normalized spacial score (nSPS) is 11.7. The van der Waals surface area contributed by atoms with Crippen molar-refractivity contribution in [2.75, 3.05) is 6.54 Å². The van der Waals surface area contributed by atoms with Crippen LogP contribution < -0.4 is 15.4 Å². The van der Waals surface area contributed by atoms with Crippen molar-refractivity contribution in [3.05, 3.63) is 71.8 Å². The Morgan fingerprint density at radius 3 is 2.24 bits per heavy atom. The van der Waals surface area contributed by atoms with Gasteiger partial charge in [0.15, 0.2) is 0 Å². The highest BCUT2D eigenvalue weighted by atomic mass is 32.1. The molecule has 2 aromatic rings. The number of benzene rings is 2. The highest BCUT2D eigenvalue weighted by Gasteiger charge is 2.12. The van der Waals surface area contributed by atoms with Crippen LogP contribution in [-0.4, -0.2) is 12.6 Å². The Balaban J connectivity index is 1.94. The van der Waals surface area contributed by atoms with Gasteiger partial charge in [0, 0.05) is 6.54 Å². The van der Waals surface area contributed by atoms with Gasteiger partial charge in [0.2, 0.25) is 0 Å². The molecule has 4 nitrogen and oxygen atoms in total. The summed E-state index contributed by atoms with van der Waals surface area (Å²) in [6.45, 7) is 0.760. The van der Waals surface area contributed by atoms with Gasteiger partial charge in [-0.3, -0.25) is 10.0 Å². The van der Waals surface area contributed by atoms with E-state index in [2.05, 4.69) is 40.3 Å². The van der Waals surface area contributed by atoms with Crippen molar-refractivity contribution in [2.45, 2.75) is 12.6 Å². The molecule has 0 aliphatic rings. The quantitative estimate of drug-likeness (QED) is 0.490. The monoisotopic (exact) mass is 301 g/mol. The van der Waals surface area contributed by atoms with E-state index in [4.69, 9.17) is 0 Å². The Morgan fingerprint density at radius 2 is 1.62 bits per heavy atom. The minimum atomic E-state index is -0.334. The zero-order valence-electron chi connectivity index (χ0n) is 11.6. The minimum absolute atomic E-state index is 0.248. The van der Waals surface area contributed by atoms with Crippen molar-refractivity contribution in [3.8, 4) is 0 Å². The van der Waals surface area contributed by atoms with E-state index in [0.717, 1.165) is 18.5 Å². The van der Waals surface area contributed by atoms with Crippen molar-refractivity contribution >= 4 is 18.8 Å². The number of hydrogen-bond donors (Lipinski definition) is 4. The molecule has 0 heterocycles. The van der Waals surface area contributed by atoms with E-state index < -0.39 is 0 Å². The molecule has 0 saturated carbocycles. The molecule has 0 radical (unpaired) electrons. The molecule has 0 saturated heterocycles. The fraction of sp³-hybridized carbons (Fsp3) is 0.188. The molecule has 2 rings (SSSR count). The van der Waals surface area contributed by atoms with Crippen LogP contribution in [0.3, 0.4) is 0 Å². The third kappa shape index (κ3) is 5.13. The lowest BCUT2D eigenvalue weighted by Crippen LogP contribution is -2.41. The summed E-state index contributed by atoms with van der Waals surface area (Å²) in [5, 5.41) is 6.18.